The number of amidine groups is 1. The molecule has 0 fully saturated rings. The molecule has 3 heterocycles. The Morgan fingerprint density at radius 1 is 1.02 bits per heavy atom. The van der Waals surface area contributed by atoms with Crippen molar-refractivity contribution in [3.63, 3.8) is 0 Å². The maximum absolute atomic E-state index is 14.6. The van der Waals surface area contributed by atoms with Gasteiger partial charge in [-0.15, -0.1) is 11.8 Å². The first-order chi connectivity index (χ1) is 21.0. The molecule has 3 amide bonds. The molecule has 0 spiro atoms. The predicted octanol–water partition coefficient (Wildman–Crippen LogP) is 7.15. The van der Waals surface area contributed by atoms with Crippen molar-refractivity contribution < 1.29 is 32.3 Å². The fourth-order valence-electron chi connectivity index (χ4n) is 5.44. The molecule has 1 aromatic heterocycles. The number of fused-ring (bicyclic) bond motifs is 3. The zero-order valence-electron chi connectivity index (χ0n) is 27.8. The molecule has 2 aliphatic rings. The second-order valence-corrected chi connectivity index (χ2v) is 18.3. The van der Waals surface area contributed by atoms with E-state index in [0.717, 1.165) is 4.90 Å². The predicted molar refractivity (Wildman–Crippen MR) is 180 cm³/mol. The minimum atomic E-state index is -4.13. The lowest BCUT2D eigenvalue weighted by atomic mass is 9.86. The Hall–Kier alpha value is -3.16. The van der Waals surface area contributed by atoms with Crippen LogP contribution in [-0.4, -0.2) is 69.2 Å². The number of aromatic nitrogens is 1. The average molecular weight is 693 g/mol. The van der Waals surface area contributed by atoms with Crippen molar-refractivity contribution in [2.24, 2.45) is 4.99 Å². The summed E-state index contributed by atoms with van der Waals surface area (Å²) in [6, 6.07) is 6.84. The van der Waals surface area contributed by atoms with Crippen molar-refractivity contribution in [3.05, 3.63) is 52.3 Å². The number of hydrogen-bond acceptors (Lipinski definition) is 10. The van der Waals surface area contributed by atoms with E-state index < -0.39 is 54.7 Å². The van der Waals surface area contributed by atoms with Gasteiger partial charge in [0.15, 0.2) is 9.84 Å². The van der Waals surface area contributed by atoms with Crippen molar-refractivity contribution in [2.45, 2.75) is 107 Å². The molecular weight excluding hydrogens is 652 g/mol. The lowest BCUT2D eigenvalue weighted by molar-refractivity contribution is 0.0138. The maximum atomic E-state index is 14.6. The molecule has 46 heavy (non-hydrogen) atoms. The van der Waals surface area contributed by atoms with Crippen molar-refractivity contribution in [2.75, 3.05) is 11.1 Å². The Labute approximate surface area is 279 Å². The highest BCUT2D eigenvalue weighted by Crippen LogP contribution is 2.50. The number of carbonyl (C=O) groups excluding carboxylic acids is 3. The van der Waals surface area contributed by atoms with Crippen LogP contribution in [0.15, 0.2) is 40.4 Å². The first-order valence-electron chi connectivity index (χ1n) is 14.8. The molecule has 1 unspecified atom stereocenters. The Balaban J connectivity index is 1.92. The number of hydrogen-bond donors (Lipinski definition) is 1. The molecule has 0 bridgehead atoms. The van der Waals surface area contributed by atoms with Crippen molar-refractivity contribution >= 4 is 62.8 Å². The average Bonchev–Trinajstić information content (AvgIpc) is 3.02. The summed E-state index contributed by atoms with van der Waals surface area (Å²) in [6.07, 6.45) is -0.580. The van der Waals surface area contributed by atoms with Gasteiger partial charge in [0, 0.05) is 16.8 Å². The normalized spacial score (nSPS) is 21.9. The number of thioether (sulfide) groups is 1. The number of imide groups is 1. The lowest BCUT2D eigenvalue weighted by Crippen LogP contribution is -2.64. The molecule has 2 aromatic rings. The molecule has 0 aliphatic carbocycles. The fraction of sp³-hybridized carbons (Fsp3) is 0.531. The Morgan fingerprint density at radius 3 is 2.15 bits per heavy atom. The van der Waals surface area contributed by atoms with Gasteiger partial charge in [0.05, 0.1) is 10.3 Å². The zero-order valence-corrected chi connectivity index (χ0v) is 30.2. The van der Waals surface area contributed by atoms with Crippen LogP contribution in [0.5, 0.6) is 0 Å². The van der Waals surface area contributed by atoms with E-state index in [4.69, 9.17) is 26.1 Å². The topological polar surface area (TPSA) is 144 Å². The largest absolute Gasteiger partial charge is 0.443 e. The second-order valence-electron chi connectivity index (χ2n) is 14.0. The van der Waals surface area contributed by atoms with Crippen molar-refractivity contribution in [1.29, 1.82) is 0 Å². The highest BCUT2D eigenvalue weighted by Gasteiger charge is 2.60. The summed E-state index contributed by atoms with van der Waals surface area (Å²) in [6.45, 7) is 16.1. The summed E-state index contributed by atoms with van der Waals surface area (Å²) in [5.74, 6) is -0.308. The van der Waals surface area contributed by atoms with E-state index >= 15 is 0 Å². The third-order valence-corrected chi connectivity index (χ3v) is 12.0. The lowest BCUT2D eigenvalue weighted by Gasteiger charge is -2.46. The van der Waals surface area contributed by atoms with E-state index in [1.807, 2.05) is 0 Å². The van der Waals surface area contributed by atoms with Crippen LogP contribution in [0, 0.1) is 6.92 Å². The van der Waals surface area contributed by atoms with Crippen LogP contribution >= 0.6 is 23.4 Å². The Morgan fingerprint density at radius 2 is 1.61 bits per heavy atom. The molecule has 4 rings (SSSR count). The molecule has 1 aromatic carbocycles. The molecule has 0 saturated heterocycles. The number of anilines is 1. The number of halogens is 1. The number of rotatable bonds is 2. The molecule has 0 saturated carbocycles. The van der Waals surface area contributed by atoms with E-state index in [1.54, 1.807) is 79.7 Å². The van der Waals surface area contributed by atoms with Gasteiger partial charge in [-0.25, -0.2) is 23.0 Å². The van der Waals surface area contributed by atoms with Gasteiger partial charge >= 0.3 is 12.2 Å². The monoisotopic (exact) mass is 692 g/mol. The number of aliphatic imine (C=N–C) groups is 1. The molecule has 1 N–H and O–H groups in total. The number of benzene rings is 1. The van der Waals surface area contributed by atoms with Crippen LogP contribution in [0.3, 0.4) is 0 Å². The molecule has 14 heteroatoms. The summed E-state index contributed by atoms with van der Waals surface area (Å²) >= 11 is 7.49. The van der Waals surface area contributed by atoms with Gasteiger partial charge in [0.25, 0.3) is 5.91 Å². The highest BCUT2D eigenvalue weighted by molar-refractivity contribution is 7.99. The third kappa shape index (κ3) is 6.91. The van der Waals surface area contributed by atoms with Crippen LogP contribution in [0.4, 0.5) is 15.3 Å². The summed E-state index contributed by atoms with van der Waals surface area (Å²) < 4.78 is 38.5. The first kappa shape index (κ1) is 35.7. The highest BCUT2D eigenvalue weighted by atomic mass is 35.5. The molecular formula is C32H41ClN4O7S2. The number of nitrogens with zero attached hydrogens (tertiary/aromatic N) is 3. The van der Waals surface area contributed by atoms with Gasteiger partial charge in [0.2, 0.25) is 0 Å². The number of nitrogens with one attached hydrogen (secondary N) is 1. The van der Waals surface area contributed by atoms with Gasteiger partial charge in [-0.2, -0.15) is 4.90 Å². The van der Waals surface area contributed by atoms with E-state index in [1.165, 1.54) is 31.8 Å². The quantitative estimate of drug-likeness (QED) is 0.347. The van der Waals surface area contributed by atoms with Crippen LogP contribution in [0.1, 0.15) is 90.3 Å². The van der Waals surface area contributed by atoms with Crippen molar-refractivity contribution in [3.8, 4) is 0 Å². The molecule has 250 valence electrons. The number of aryl methyl sites for hydroxylation is 1. The number of sulfone groups is 1. The van der Waals surface area contributed by atoms with E-state index in [0.29, 0.717) is 32.5 Å². The molecule has 2 aliphatic heterocycles. The minimum Gasteiger partial charge on any atom is -0.443 e. The smallest absolute Gasteiger partial charge is 0.425 e. The zero-order chi connectivity index (χ0) is 34.6. The van der Waals surface area contributed by atoms with Gasteiger partial charge in [-0.1, -0.05) is 11.6 Å². The maximum Gasteiger partial charge on any atom is 0.425 e. The number of amides is 3. The Bertz CT molecular complexity index is 1700. The van der Waals surface area contributed by atoms with Crippen LogP contribution in [0.2, 0.25) is 5.02 Å². The van der Waals surface area contributed by atoms with Crippen molar-refractivity contribution in [1.82, 2.24) is 9.88 Å². The fourth-order valence-corrected chi connectivity index (χ4v) is 9.27. The number of ether oxygens (including phenoxy) is 2. The minimum absolute atomic E-state index is 0.186. The van der Waals surface area contributed by atoms with Crippen LogP contribution in [-0.2, 0) is 24.8 Å². The van der Waals surface area contributed by atoms with E-state index in [-0.39, 0.29) is 18.0 Å². The Kier molecular flexibility index (Phi) is 9.41. The van der Waals surface area contributed by atoms with Crippen LogP contribution < -0.4 is 5.32 Å². The molecule has 11 nitrogen and oxygen atoms in total. The van der Waals surface area contributed by atoms with Crippen LogP contribution in [0.25, 0.3) is 0 Å². The number of carbonyl (C=O) groups is 3. The summed E-state index contributed by atoms with van der Waals surface area (Å²) in [7, 11) is -4.13. The van der Waals surface area contributed by atoms with Gasteiger partial charge < -0.3 is 14.8 Å². The van der Waals surface area contributed by atoms with E-state index in [2.05, 4.69) is 10.3 Å². The first-order valence-corrected chi connectivity index (χ1v) is 17.7. The summed E-state index contributed by atoms with van der Waals surface area (Å²) in [5, 5.41) is 2.23. The second kappa shape index (κ2) is 12.1. The summed E-state index contributed by atoms with van der Waals surface area (Å²) in [4.78, 5) is 51.1. The standard InChI is InChI=1S/C32H41ClN4O7S2/c1-18-15-19(33)17-34-24(18)25(38)35-20-11-12-22-21(16-20)32(10)23(13-14-45-22)46(41,42)31(8,9)26(36-32)37(27(39)43-29(2,3)4)28(40)44-30(5,6)7/h11-12,15-17,23H,13-14H2,1-10H3,(H,35,38)/t23-,32?/m1/s1. The third-order valence-electron chi connectivity index (χ3n) is 7.63. The SMILES string of the molecule is Cc1cc(Cl)cnc1C(=O)Nc1ccc2c(c1)C1(C)N=C(N(C(=O)OC(C)(C)C)C(=O)OC(C)(C)C)C(C)(C)S(=O)(=O)[C@@H]1CCS2. The van der Waals surface area contributed by atoms with Gasteiger partial charge in [-0.05, 0) is 117 Å². The molecule has 2 atom stereocenters. The summed E-state index contributed by atoms with van der Waals surface area (Å²) in [5.41, 5.74) is -1.83. The number of pyridine rings is 1. The van der Waals surface area contributed by atoms with Gasteiger partial charge in [0.1, 0.15) is 33.0 Å². The van der Waals surface area contributed by atoms with Gasteiger partial charge in [-0.3, -0.25) is 9.79 Å². The van der Waals surface area contributed by atoms with E-state index in [9.17, 15) is 22.8 Å². The molecule has 0 radical (unpaired) electrons.